The van der Waals surface area contributed by atoms with Gasteiger partial charge in [-0.2, -0.15) is 0 Å². The Kier molecular flexibility index (Phi) is 5.93. The first-order valence-electron chi connectivity index (χ1n) is 7.77. The van der Waals surface area contributed by atoms with Gasteiger partial charge in [0, 0.05) is 11.3 Å². The smallest absolute Gasteiger partial charge is 0.226 e. The molecule has 130 valence electrons. The van der Waals surface area contributed by atoms with Gasteiger partial charge in [-0.3, -0.25) is 4.79 Å². The Morgan fingerprint density at radius 1 is 1.28 bits per heavy atom. The van der Waals surface area contributed by atoms with Crippen molar-refractivity contribution in [3.05, 3.63) is 52.8 Å². The molecule has 0 saturated heterocycles. The highest BCUT2D eigenvalue weighted by molar-refractivity contribution is 7.99. The Bertz CT molecular complexity index is 857. The number of benzene rings is 2. The molecule has 0 fully saturated rings. The van der Waals surface area contributed by atoms with E-state index in [0.29, 0.717) is 16.6 Å². The molecular weight excluding hydrogens is 379 g/mol. The quantitative estimate of drug-likeness (QED) is 0.417. The molecule has 2 aromatic carbocycles. The lowest BCUT2D eigenvalue weighted by molar-refractivity contribution is -0.116. The number of amides is 1. The van der Waals surface area contributed by atoms with Gasteiger partial charge in [-0.25, -0.2) is 9.37 Å². The zero-order valence-electron chi connectivity index (χ0n) is 13.5. The summed E-state index contributed by atoms with van der Waals surface area (Å²) in [6, 6.07) is 10.1. The molecular formula is C18H16ClFN2OS2. The molecule has 3 rings (SSSR count). The molecule has 1 aromatic heterocycles. The lowest BCUT2D eigenvalue weighted by atomic mass is 10.2. The predicted octanol–water partition coefficient (Wildman–Crippen LogP) is 5.91. The fourth-order valence-electron chi connectivity index (χ4n) is 2.29. The predicted molar refractivity (Wildman–Crippen MR) is 104 cm³/mol. The van der Waals surface area contributed by atoms with Gasteiger partial charge in [0.05, 0.1) is 15.2 Å². The largest absolute Gasteiger partial charge is 0.302 e. The first-order chi connectivity index (χ1) is 12.0. The van der Waals surface area contributed by atoms with Crippen LogP contribution in [0, 0.1) is 12.7 Å². The number of hydrogen-bond donors (Lipinski definition) is 1. The number of carbonyl (C=O) groups excluding carboxylic acids is 1. The van der Waals surface area contributed by atoms with Gasteiger partial charge in [0.1, 0.15) is 5.82 Å². The number of anilines is 1. The minimum atomic E-state index is -0.241. The second kappa shape index (κ2) is 8.17. The molecule has 1 N–H and O–H groups in total. The van der Waals surface area contributed by atoms with E-state index in [1.807, 2.05) is 19.1 Å². The molecule has 0 unspecified atom stereocenters. The zero-order chi connectivity index (χ0) is 17.8. The van der Waals surface area contributed by atoms with Gasteiger partial charge in [0.2, 0.25) is 5.91 Å². The van der Waals surface area contributed by atoms with Gasteiger partial charge in [-0.05, 0) is 55.0 Å². The van der Waals surface area contributed by atoms with Gasteiger partial charge in [0.15, 0.2) is 5.13 Å². The monoisotopic (exact) mass is 394 g/mol. The maximum absolute atomic E-state index is 12.8. The summed E-state index contributed by atoms with van der Waals surface area (Å²) in [6.07, 6.45) is 1.15. The van der Waals surface area contributed by atoms with E-state index in [1.54, 1.807) is 23.9 Å². The van der Waals surface area contributed by atoms with E-state index >= 15 is 0 Å². The van der Waals surface area contributed by atoms with Crippen LogP contribution in [0.3, 0.4) is 0 Å². The molecule has 1 amide bonds. The summed E-state index contributed by atoms with van der Waals surface area (Å²) in [4.78, 5) is 17.5. The van der Waals surface area contributed by atoms with E-state index < -0.39 is 0 Å². The number of fused-ring (bicyclic) bond motifs is 1. The Morgan fingerprint density at radius 3 is 2.76 bits per heavy atom. The molecule has 3 aromatic rings. The molecule has 0 atom stereocenters. The summed E-state index contributed by atoms with van der Waals surface area (Å²) >= 11 is 9.18. The standard InChI is InChI=1S/C18H16ClFN2OS2/c1-11-4-9-14(19)17-16(11)22-18(25-17)21-15(23)3-2-10-24-13-7-5-12(20)6-8-13/h4-9H,2-3,10H2,1H3,(H,21,22,23). The summed E-state index contributed by atoms with van der Waals surface area (Å²) in [5.41, 5.74) is 1.87. The first kappa shape index (κ1) is 18.2. The van der Waals surface area contributed by atoms with Crippen LogP contribution in [0.5, 0.6) is 0 Å². The van der Waals surface area contributed by atoms with E-state index in [2.05, 4.69) is 10.3 Å². The SMILES string of the molecule is Cc1ccc(Cl)c2sc(NC(=O)CCCSc3ccc(F)cc3)nc12. The van der Waals surface area contributed by atoms with Crippen LogP contribution in [-0.4, -0.2) is 16.6 Å². The molecule has 1 heterocycles. The zero-order valence-corrected chi connectivity index (χ0v) is 15.9. The van der Waals surface area contributed by atoms with Crippen LogP contribution < -0.4 is 5.32 Å². The van der Waals surface area contributed by atoms with E-state index in [9.17, 15) is 9.18 Å². The lowest BCUT2D eigenvalue weighted by Gasteiger charge is -2.02. The molecule has 7 heteroatoms. The number of carbonyl (C=O) groups is 1. The van der Waals surface area contributed by atoms with Crippen molar-refractivity contribution in [2.75, 3.05) is 11.1 Å². The van der Waals surface area contributed by atoms with Crippen LogP contribution in [0.15, 0.2) is 41.3 Å². The van der Waals surface area contributed by atoms with E-state index in [-0.39, 0.29) is 11.7 Å². The number of hydrogen-bond acceptors (Lipinski definition) is 4. The van der Waals surface area contributed by atoms with Crippen LogP contribution in [0.2, 0.25) is 5.02 Å². The number of halogens is 2. The summed E-state index contributed by atoms with van der Waals surface area (Å²) in [6.45, 7) is 1.97. The van der Waals surface area contributed by atoms with Crippen LogP contribution in [0.4, 0.5) is 9.52 Å². The Labute approximate surface area is 158 Å². The minimum absolute atomic E-state index is 0.0625. The number of thioether (sulfide) groups is 1. The van der Waals surface area contributed by atoms with Gasteiger partial charge in [0.25, 0.3) is 0 Å². The van der Waals surface area contributed by atoms with Crippen molar-refractivity contribution in [3.8, 4) is 0 Å². The number of nitrogens with zero attached hydrogens (tertiary/aromatic N) is 1. The van der Waals surface area contributed by atoms with Crippen LogP contribution in [0.1, 0.15) is 18.4 Å². The number of aromatic nitrogens is 1. The Balaban J connectivity index is 1.50. The summed E-state index contributed by atoms with van der Waals surface area (Å²) in [7, 11) is 0. The van der Waals surface area contributed by atoms with Gasteiger partial charge >= 0.3 is 0 Å². The van der Waals surface area contributed by atoms with Gasteiger partial charge in [-0.15, -0.1) is 11.8 Å². The molecule has 25 heavy (non-hydrogen) atoms. The second-order valence-electron chi connectivity index (χ2n) is 5.52. The van der Waals surface area contributed by atoms with Crippen LogP contribution in [-0.2, 0) is 4.79 Å². The molecule has 3 nitrogen and oxygen atoms in total. The Morgan fingerprint density at radius 2 is 2.04 bits per heavy atom. The highest BCUT2D eigenvalue weighted by atomic mass is 35.5. The molecule has 0 spiro atoms. The van der Waals surface area contributed by atoms with Crippen LogP contribution >= 0.6 is 34.7 Å². The summed E-state index contributed by atoms with van der Waals surface area (Å²) in [5.74, 6) is 0.492. The highest BCUT2D eigenvalue weighted by Gasteiger charge is 2.11. The van der Waals surface area contributed by atoms with E-state index in [0.717, 1.165) is 32.8 Å². The molecule has 0 radical (unpaired) electrons. The molecule has 0 aliphatic heterocycles. The summed E-state index contributed by atoms with van der Waals surface area (Å²) in [5, 5.41) is 4.06. The fourth-order valence-corrected chi connectivity index (χ4v) is 4.38. The van der Waals surface area contributed by atoms with Crippen molar-refractivity contribution in [3.63, 3.8) is 0 Å². The maximum Gasteiger partial charge on any atom is 0.226 e. The molecule has 0 saturated carbocycles. The number of aryl methyl sites for hydroxylation is 1. The Hall–Kier alpha value is -1.63. The normalized spacial score (nSPS) is 11.0. The third-order valence-corrected chi connectivity index (χ3v) is 6.10. The van der Waals surface area contributed by atoms with Crippen molar-refractivity contribution in [2.45, 2.75) is 24.7 Å². The number of rotatable bonds is 6. The van der Waals surface area contributed by atoms with Crippen LogP contribution in [0.25, 0.3) is 10.2 Å². The minimum Gasteiger partial charge on any atom is -0.302 e. The molecule has 0 bridgehead atoms. The van der Waals surface area contributed by atoms with E-state index in [1.165, 1.54) is 23.5 Å². The topological polar surface area (TPSA) is 42.0 Å². The second-order valence-corrected chi connectivity index (χ2v) is 8.09. The van der Waals surface area contributed by atoms with Crippen molar-refractivity contribution < 1.29 is 9.18 Å². The van der Waals surface area contributed by atoms with Gasteiger partial charge in [-0.1, -0.05) is 29.0 Å². The first-order valence-corrected chi connectivity index (χ1v) is 9.95. The summed E-state index contributed by atoms with van der Waals surface area (Å²) < 4.78 is 13.7. The third-order valence-electron chi connectivity index (χ3n) is 3.57. The van der Waals surface area contributed by atoms with E-state index in [4.69, 9.17) is 11.6 Å². The molecule has 0 aliphatic carbocycles. The molecule has 0 aliphatic rings. The van der Waals surface area contributed by atoms with Crippen molar-refractivity contribution in [1.82, 2.24) is 4.98 Å². The number of thiazole rings is 1. The van der Waals surface area contributed by atoms with Crippen molar-refractivity contribution in [2.24, 2.45) is 0 Å². The average Bonchev–Trinajstić information content (AvgIpc) is 3.02. The van der Waals surface area contributed by atoms with Crippen molar-refractivity contribution in [1.29, 1.82) is 0 Å². The highest BCUT2D eigenvalue weighted by Crippen LogP contribution is 2.33. The van der Waals surface area contributed by atoms with Gasteiger partial charge < -0.3 is 5.32 Å². The average molecular weight is 395 g/mol. The lowest BCUT2D eigenvalue weighted by Crippen LogP contribution is -2.11. The fraction of sp³-hybridized carbons (Fsp3) is 0.222. The third kappa shape index (κ3) is 4.71. The van der Waals surface area contributed by atoms with Crippen molar-refractivity contribution >= 4 is 56.0 Å². The maximum atomic E-state index is 12.8. The number of nitrogens with one attached hydrogen (secondary N) is 1.